The van der Waals surface area contributed by atoms with Gasteiger partial charge in [0.05, 0.1) is 23.4 Å². The van der Waals surface area contributed by atoms with Gasteiger partial charge >= 0.3 is 12.3 Å². The van der Waals surface area contributed by atoms with Gasteiger partial charge in [0.2, 0.25) is 0 Å². The van der Waals surface area contributed by atoms with Crippen LogP contribution in [0.25, 0.3) is 0 Å². The number of hydrogen-bond donors (Lipinski definition) is 1. The van der Waals surface area contributed by atoms with E-state index in [0.29, 0.717) is 0 Å². The van der Waals surface area contributed by atoms with Crippen molar-refractivity contribution in [3.63, 3.8) is 0 Å². The second-order valence-electron chi connectivity index (χ2n) is 2.78. The van der Waals surface area contributed by atoms with Gasteiger partial charge in [0.15, 0.2) is 0 Å². The molecule has 7 heteroatoms. The standard InChI is InChI=1S/C9H7ClF3NO2/c1-16-8(15)14-6-4-2-3-5(7(6)10)9(11,12)13/h2-4H,1H3,(H,14,15). The summed E-state index contributed by atoms with van der Waals surface area (Å²) in [5.41, 5.74) is -1.16. The molecule has 0 unspecified atom stereocenters. The van der Waals surface area contributed by atoms with E-state index >= 15 is 0 Å². The lowest BCUT2D eigenvalue weighted by Crippen LogP contribution is -2.13. The first-order valence-electron chi connectivity index (χ1n) is 4.07. The summed E-state index contributed by atoms with van der Waals surface area (Å²) < 4.78 is 41.5. The van der Waals surface area contributed by atoms with Crippen molar-refractivity contribution in [2.24, 2.45) is 0 Å². The normalized spacial score (nSPS) is 11.1. The number of benzene rings is 1. The van der Waals surface area contributed by atoms with Gasteiger partial charge in [-0.2, -0.15) is 13.2 Å². The third-order valence-electron chi connectivity index (χ3n) is 1.73. The lowest BCUT2D eigenvalue weighted by Gasteiger charge is -2.12. The molecule has 0 aliphatic carbocycles. The van der Waals surface area contributed by atoms with Crippen molar-refractivity contribution in [2.45, 2.75) is 6.18 Å². The van der Waals surface area contributed by atoms with Gasteiger partial charge in [0, 0.05) is 0 Å². The Balaban J connectivity index is 3.09. The number of hydrogen-bond acceptors (Lipinski definition) is 2. The summed E-state index contributed by atoms with van der Waals surface area (Å²) in [5, 5.41) is 1.51. The third kappa shape index (κ3) is 2.79. The van der Waals surface area contributed by atoms with Crippen LogP contribution in [0.5, 0.6) is 0 Å². The SMILES string of the molecule is COC(=O)Nc1cccc(C(F)(F)F)c1Cl. The fourth-order valence-electron chi connectivity index (χ4n) is 1.01. The summed E-state index contributed by atoms with van der Waals surface area (Å²) in [4.78, 5) is 10.8. The van der Waals surface area contributed by atoms with E-state index in [9.17, 15) is 18.0 Å². The van der Waals surface area contributed by atoms with E-state index in [1.54, 1.807) is 0 Å². The summed E-state index contributed by atoms with van der Waals surface area (Å²) in [6.07, 6.45) is -5.45. The molecule has 0 saturated heterocycles. The van der Waals surface area contributed by atoms with E-state index in [-0.39, 0.29) is 5.69 Å². The number of anilines is 1. The number of ether oxygens (including phenoxy) is 1. The first kappa shape index (κ1) is 12.6. The van der Waals surface area contributed by atoms with Crippen LogP contribution in [0.3, 0.4) is 0 Å². The molecule has 0 atom stereocenters. The van der Waals surface area contributed by atoms with Crippen LogP contribution in [-0.2, 0) is 10.9 Å². The van der Waals surface area contributed by atoms with Crippen molar-refractivity contribution in [2.75, 3.05) is 12.4 Å². The Hall–Kier alpha value is -1.43. The van der Waals surface area contributed by atoms with Crippen molar-refractivity contribution >= 4 is 23.4 Å². The van der Waals surface area contributed by atoms with Gasteiger partial charge in [-0.3, -0.25) is 5.32 Å². The molecule has 0 saturated carbocycles. The molecule has 1 amide bonds. The highest BCUT2D eigenvalue weighted by Crippen LogP contribution is 2.38. The molecule has 0 aromatic heterocycles. The number of halogens is 4. The van der Waals surface area contributed by atoms with Crippen molar-refractivity contribution in [1.29, 1.82) is 0 Å². The molecule has 0 heterocycles. The molecule has 0 aliphatic heterocycles. The summed E-state index contributed by atoms with van der Waals surface area (Å²) in [5.74, 6) is 0. The predicted octanol–water partition coefficient (Wildman–Crippen LogP) is 3.54. The molecule has 16 heavy (non-hydrogen) atoms. The molecule has 1 aromatic rings. The Morgan fingerprint density at radius 1 is 1.44 bits per heavy atom. The largest absolute Gasteiger partial charge is 0.453 e. The van der Waals surface area contributed by atoms with Crippen molar-refractivity contribution in [3.05, 3.63) is 28.8 Å². The topological polar surface area (TPSA) is 38.3 Å². The lowest BCUT2D eigenvalue weighted by molar-refractivity contribution is -0.137. The Morgan fingerprint density at radius 3 is 2.56 bits per heavy atom. The third-order valence-corrected chi connectivity index (χ3v) is 2.13. The van der Waals surface area contributed by atoms with Gasteiger partial charge in [0.25, 0.3) is 0 Å². The van der Waals surface area contributed by atoms with Crippen LogP contribution < -0.4 is 5.32 Å². The monoisotopic (exact) mass is 253 g/mol. The maximum absolute atomic E-state index is 12.4. The zero-order valence-electron chi connectivity index (χ0n) is 8.06. The van der Waals surface area contributed by atoms with Gasteiger partial charge in [-0.15, -0.1) is 0 Å². The maximum atomic E-state index is 12.4. The Bertz CT molecular complexity index is 406. The fraction of sp³-hybridized carbons (Fsp3) is 0.222. The average Bonchev–Trinajstić information content (AvgIpc) is 2.19. The van der Waals surface area contributed by atoms with E-state index in [2.05, 4.69) is 10.1 Å². The fourth-order valence-corrected chi connectivity index (χ4v) is 1.29. The van der Waals surface area contributed by atoms with Gasteiger partial charge < -0.3 is 4.74 Å². The Morgan fingerprint density at radius 2 is 2.06 bits per heavy atom. The Kier molecular flexibility index (Phi) is 3.64. The van der Waals surface area contributed by atoms with E-state index in [0.717, 1.165) is 19.2 Å². The van der Waals surface area contributed by atoms with Crippen LogP contribution in [-0.4, -0.2) is 13.2 Å². The number of nitrogens with one attached hydrogen (secondary N) is 1. The second kappa shape index (κ2) is 4.61. The summed E-state index contributed by atoms with van der Waals surface area (Å²) in [6, 6.07) is 3.21. The van der Waals surface area contributed by atoms with E-state index < -0.39 is 22.9 Å². The van der Waals surface area contributed by atoms with Crippen molar-refractivity contribution in [3.8, 4) is 0 Å². The van der Waals surface area contributed by atoms with Gasteiger partial charge in [-0.1, -0.05) is 17.7 Å². The minimum absolute atomic E-state index is 0.150. The number of carbonyl (C=O) groups excluding carboxylic acids is 1. The van der Waals surface area contributed by atoms with E-state index in [4.69, 9.17) is 11.6 Å². The molecule has 0 spiro atoms. The van der Waals surface area contributed by atoms with Crippen molar-refractivity contribution < 1.29 is 22.7 Å². The molecular weight excluding hydrogens is 247 g/mol. The van der Waals surface area contributed by atoms with E-state index in [1.807, 2.05) is 0 Å². The van der Waals surface area contributed by atoms with Crippen LogP contribution in [0.15, 0.2) is 18.2 Å². The zero-order valence-corrected chi connectivity index (χ0v) is 8.82. The molecular formula is C9H7ClF3NO2. The highest BCUT2D eigenvalue weighted by molar-refractivity contribution is 6.34. The molecule has 3 nitrogen and oxygen atoms in total. The van der Waals surface area contributed by atoms with Crippen LogP contribution in [0.1, 0.15) is 5.56 Å². The minimum atomic E-state index is -4.56. The summed E-state index contributed by atoms with van der Waals surface area (Å²) in [7, 11) is 1.09. The molecule has 88 valence electrons. The molecule has 0 bridgehead atoms. The number of amides is 1. The minimum Gasteiger partial charge on any atom is -0.453 e. The van der Waals surface area contributed by atoms with Gasteiger partial charge in [-0.05, 0) is 12.1 Å². The zero-order chi connectivity index (χ0) is 12.3. The highest BCUT2D eigenvalue weighted by Gasteiger charge is 2.34. The number of alkyl halides is 3. The van der Waals surface area contributed by atoms with Crippen LogP contribution in [0.2, 0.25) is 5.02 Å². The predicted molar refractivity (Wildman–Crippen MR) is 52.5 cm³/mol. The van der Waals surface area contributed by atoms with Crippen LogP contribution in [0.4, 0.5) is 23.7 Å². The highest BCUT2D eigenvalue weighted by atomic mass is 35.5. The number of rotatable bonds is 1. The molecule has 0 fully saturated rings. The summed E-state index contributed by atoms with van der Waals surface area (Å²) >= 11 is 5.50. The number of carbonyl (C=O) groups is 1. The Labute approximate surface area is 94.2 Å². The lowest BCUT2D eigenvalue weighted by atomic mass is 10.2. The molecule has 1 rings (SSSR count). The molecule has 0 aliphatic rings. The number of methoxy groups -OCH3 is 1. The van der Waals surface area contributed by atoms with E-state index in [1.165, 1.54) is 6.07 Å². The molecule has 0 radical (unpaired) electrons. The van der Waals surface area contributed by atoms with Crippen LogP contribution >= 0.6 is 11.6 Å². The first-order chi connectivity index (χ1) is 7.36. The van der Waals surface area contributed by atoms with Gasteiger partial charge in [0.1, 0.15) is 0 Å². The summed E-state index contributed by atoms with van der Waals surface area (Å²) in [6.45, 7) is 0. The first-order valence-corrected chi connectivity index (χ1v) is 4.44. The van der Waals surface area contributed by atoms with Gasteiger partial charge in [-0.25, -0.2) is 4.79 Å². The average molecular weight is 254 g/mol. The smallest absolute Gasteiger partial charge is 0.417 e. The molecule has 1 aromatic carbocycles. The quantitative estimate of drug-likeness (QED) is 0.831. The second-order valence-corrected chi connectivity index (χ2v) is 3.16. The van der Waals surface area contributed by atoms with Crippen molar-refractivity contribution in [1.82, 2.24) is 0 Å². The maximum Gasteiger partial charge on any atom is 0.417 e. The van der Waals surface area contributed by atoms with Crippen LogP contribution in [0, 0.1) is 0 Å². The molecule has 1 N–H and O–H groups in total.